The molecule has 0 fully saturated rings. The van der Waals surface area contributed by atoms with Gasteiger partial charge in [-0.3, -0.25) is 4.79 Å². The standard InChI is InChI=1S/C19H21NO4S/c1-20(12-14-3-5-15(22-2)6-4-14)19(21)13-25-16-7-8-17-18(11-16)24-10-9-23-17/h3-8,11H,9-10,12-13H2,1-2H3. The Morgan fingerprint density at radius 3 is 2.56 bits per heavy atom. The molecule has 2 aromatic carbocycles. The van der Waals surface area contributed by atoms with Crippen LogP contribution in [0.4, 0.5) is 0 Å². The third-order valence-electron chi connectivity index (χ3n) is 3.88. The second-order valence-electron chi connectivity index (χ2n) is 5.69. The first kappa shape index (κ1) is 17.5. The van der Waals surface area contributed by atoms with Crippen LogP contribution < -0.4 is 14.2 Å². The summed E-state index contributed by atoms with van der Waals surface area (Å²) in [6.07, 6.45) is 0. The first-order chi connectivity index (χ1) is 12.2. The van der Waals surface area contributed by atoms with Crippen LogP contribution in [-0.4, -0.2) is 43.9 Å². The highest BCUT2D eigenvalue weighted by Crippen LogP contribution is 2.34. The Morgan fingerprint density at radius 1 is 1.12 bits per heavy atom. The molecule has 132 valence electrons. The second-order valence-corrected chi connectivity index (χ2v) is 6.74. The number of hydrogen-bond acceptors (Lipinski definition) is 5. The number of amides is 1. The van der Waals surface area contributed by atoms with Crippen LogP contribution in [0.3, 0.4) is 0 Å². The highest BCUT2D eigenvalue weighted by Gasteiger charge is 2.14. The van der Waals surface area contributed by atoms with Crippen molar-refractivity contribution in [3.63, 3.8) is 0 Å². The number of carbonyl (C=O) groups excluding carboxylic acids is 1. The van der Waals surface area contributed by atoms with E-state index in [1.54, 1.807) is 12.0 Å². The monoisotopic (exact) mass is 359 g/mol. The van der Waals surface area contributed by atoms with E-state index in [0.717, 1.165) is 27.7 Å². The fraction of sp³-hybridized carbons (Fsp3) is 0.316. The molecule has 0 atom stereocenters. The number of carbonyl (C=O) groups is 1. The number of hydrogen-bond donors (Lipinski definition) is 0. The average Bonchev–Trinajstić information content (AvgIpc) is 2.66. The molecule has 6 heteroatoms. The molecule has 0 saturated heterocycles. The SMILES string of the molecule is COc1ccc(CN(C)C(=O)CSc2ccc3c(c2)OCCO3)cc1. The minimum atomic E-state index is 0.0794. The van der Waals surface area contributed by atoms with Crippen molar-refractivity contribution >= 4 is 17.7 Å². The van der Waals surface area contributed by atoms with Gasteiger partial charge in [-0.1, -0.05) is 12.1 Å². The summed E-state index contributed by atoms with van der Waals surface area (Å²) < 4.78 is 16.2. The van der Waals surface area contributed by atoms with E-state index in [1.165, 1.54) is 11.8 Å². The molecule has 0 aliphatic carbocycles. The highest BCUT2D eigenvalue weighted by atomic mass is 32.2. The van der Waals surface area contributed by atoms with Crippen molar-refractivity contribution in [2.75, 3.05) is 33.1 Å². The molecule has 1 aliphatic rings. The van der Waals surface area contributed by atoms with Crippen molar-refractivity contribution < 1.29 is 19.0 Å². The van der Waals surface area contributed by atoms with Crippen molar-refractivity contribution in [2.45, 2.75) is 11.4 Å². The van der Waals surface area contributed by atoms with Crippen LogP contribution in [0, 0.1) is 0 Å². The first-order valence-corrected chi connectivity index (χ1v) is 9.03. The topological polar surface area (TPSA) is 48.0 Å². The zero-order chi connectivity index (χ0) is 17.6. The second kappa shape index (κ2) is 8.16. The maximum Gasteiger partial charge on any atom is 0.232 e. The molecule has 1 aliphatic heterocycles. The molecule has 0 bridgehead atoms. The van der Waals surface area contributed by atoms with E-state index in [1.807, 2.05) is 49.5 Å². The van der Waals surface area contributed by atoms with Crippen LogP contribution >= 0.6 is 11.8 Å². The summed E-state index contributed by atoms with van der Waals surface area (Å²) in [6, 6.07) is 13.5. The van der Waals surface area contributed by atoms with E-state index in [0.29, 0.717) is 25.5 Å². The summed E-state index contributed by atoms with van der Waals surface area (Å²) in [5, 5.41) is 0. The number of benzene rings is 2. The molecule has 1 heterocycles. The summed E-state index contributed by atoms with van der Waals surface area (Å²) in [4.78, 5) is 15.1. The normalized spacial score (nSPS) is 12.6. The van der Waals surface area contributed by atoms with Crippen LogP contribution in [0.2, 0.25) is 0 Å². The molecule has 1 amide bonds. The summed E-state index contributed by atoms with van der Waals surface area (Å²) in [5.74, 6) is 2.78. The van der Waals surface area contributed by atoms with Crippen molar-refractivity contribution in [1.29, 1.82) is 0 Å². The molecule has 5 nitrogen and oxygen atoms in total. The molecule has 3 rings (SSSR count). The van der Waals surface area contributed by atoms with Crippen molar-refractivity contribution in [3.8, 4) is 17.2 Å². The Morgan fingerprint density at radius 2 is 1.84 bits per heavy atom. The van der Waals surface area contributed by atoms with Crippen LogP contribution in [0.25, 0.3) is 0 Å². The quantitative estimate of drug-likeness (QED) is 0.741. The fourth-order valence-electron chi connectivity index (χ4n) is 2.46. The summed E-state index contributed by atoms with van der Waals surface area (Å²) >= 11 is 1.50. The zero-order valence-corrected chi connectivity index (χ0v) is 15.2. The predicted octanol–water partition coefficient (Wildman–Crippen LogP) is 3.22. The van der Waals surface area contributed by atoms with Gasteiger partial charge in [-0.25, -0.2) is 0 Å². The Kier molecular flexibility index (Phi) is 5.71. The molecular weight excluding hydrogens is 338 g/mol. The lowest BCUT2D eigenvalue weighted by molar-refractivity contribution is -0.127. The first-order valence-electron chi connectivity index (χ1n) is 8.05. The maximum absolute atomic E-state index is 12.4. The van der Waals surface area contributed by atoms with Crippen molar-refractivity contribution in [1.82, 2.24) is 4.90 Å². The number of methoxy groups -OCH3 is 1. The van der Waals surface area contributed by atoms with E-state index in [4.69, 9.17) is 14.2 Å². The van der Waals surface area contributed by atoms with Gasteiger partial charge in [0.05, 0.1) is 12.9 Å². The Bertz CT molecular complexity index is 733. The summed E-state index contributed by atoms with van der Waals surface area (Å²) in [7, 11) is 3.46. The smallest absolute Gasteiger partial charge is 0.232 e. The van der Waals surface area contributed by atoms with Gasteiger partial charge in [-0.05, 0) is 35.9 Å². The van der Waals surface area contributed by atoms with Gasteiger partial charge >= 0.3 is 0 Å². The van der Waals surface area contributed by atoms with E-state index < -0.39 is 0 Å². The Hall–Kier alpha value is -2.34. The van der Waals surface area contributed by atoms with Gasteiger partial charge in [0, 0.05) is 18.5 Å². The number of ether oxygens (including phenoxy) is 3. The molecule has 0 N–H and O–H groups in total. The number of nitrogens with zero attached hydrogens (tertiary/aromatic N) is 1. The van der Waals surface area contributed by atoms with Crippen LogP contribution in [0.1, 0.15) is 5.56 Å². The number of fused-ring (bicyclic) bond motifs is 1. The lowest BCUT2D eigenvalue weighted by atomic mass is 10.2. The van der Waals surface area contributed by atoms with Gasteiger partial charge in [0.1, 0.15) is 19.0 Å². The largest absolute Gasteiger partial charge is 0.497 e. The van der Waals surface area contributed by atoms with Crippen LogP contribution in [-0.2, 0) is 11.3 Å². The minimum Gasteiger partial charge on any atom is -0.497 e. The molecule has 2 aromatic rings. The molecule has 25 heavy (non-hydrogen) atoms. The zero-order valence-electron chi connectivity index (χ0n) is 14.4. The molecule has 0 unspecified atom stereocenters. The van der Waals surface area contributed by atoms with E-state index in [2.05, 4.69) is 0 Å². The van der Waals surface area contributed by atoms with Gasteiger partial charge in [0.15, 0.2) is 11.5 Å². The van der Waals surface area contributed by atoms with Gasteiger partial charge in [0.2, 0.25) is 5.91 Å². The van der Waals surface area contributed by atoms with Gasteiger partial charge < -0.3 is 19.1 Å². The molecule has 0 spiro atoms. The van der Waals surface area contributed by atoms with Crippen molar-refractivity contribution in [3.05, 3.63) is 48.0 Å². The Labute approximate surface area is 151 Å². The third kappa shape index (κ3) is 4.60. The molecule has 0 radical (unpaired) electrons. The molecule has 0 aromatic heterocycles. The van der Waals surface area contributed by atoms with E-state index in [-0.39, 0.29) is 5.91 Å². The minimum absolute atomic E-state index is 0.0794. The average molecular weight is 359 g/mol. The Balaban J connectivity index is 1.52. The van der Waals surface area contributed by atoms with Crippen LogP contribution in [0.15, 0.2) is 47.4 Å². The van der Waals surface area contributed by atoms with Gasteiger partial charge in [0.25, 0.3) is 0 Å². The van der Waals surface area contributed by atoms with Crippen LogP contribution in [0.5, 0.6) is 17.2 Å². The molecule has 0 saturated carbocycles. The number of thioether (sulfide) groups is 1. The highest BCUT2D eigenvalue weighted by molar-refractivity contribution is 8.00. The van der Waals surface area contributed by atoms with Gasteiger partial charge in [-0.15, -0.1) is 11.8 Å². The fourth-order valence-corrected chi connectivity index (χ4v) is 3.33. The van der Waals surface area contributed by atoms with E-state index in [9.17, 15) is 4.79 Å². The maximum atomic E-state index is 12.4. The summed E-state index contributed by atoms with van der Waals surface area (Å²) in [5.41, 5.74) is 1.07. The van der Waals surface area contributed by atoms with Crippen molar-refractivity contribution in [2.24, 2.45) is 0 Å². The predicted molar refractivity (Wildman–Crippen MR) is 97.6 cm³/mol. The lowest BCUT2D eigenvalue weighted by Gasteiger charge is -2.19. The third-order valence-corrected chi connectivity index (χ3v) is 4.86. The van der Waals surface area contributed by atoms with Gasteiger partial charge in [-0.2, -0.15) is 0 Å². The van der Waals surface area contributed by atoms with E-state index >= 15 is 0 Å². The molecular formula is C19H21NO4S. The summed E-state index contributed by atoms with van der Waals surface area (Å²) in [6.45, 7) is 1.71. The number of rotatable bonds is 6. The lowest BCUT2D eigenvalue weighted by Crippen LogP contribution is -2.27.